The van der Waals surface area contributed by atoms with Crippen LogP contribution in [0.5, 0.6) is 0 Å². The minimum atomic E-state index is -1.17. The van der Waals surface area contributed by atoms with Crippen LogP contribution >= 0.6 is 12.0 Å². The summed E-state index contributed by atoms with van der Waals surface area (Å²) in [5.41, 5.74) is 9.64. The Morgan fingerprint density at radius 1 is 0.941 bits per heavy atom. The quantitative estimate of drug-likeness (QED) is 0.163. The Morgan fingerprint density at radius 2 is 1.65 bits per heavy atom. The molecule has 0 aromatic heterocycles. The molecule has 0 bridgehead atoms. The zero-order chi connectivity index (χ0) is 23.2. The van der Waals surface area contributed by atoms with E-state index in [0.29, 0.717) is 6.54 Å². The maximum Gasteiger partial charge on any atom is 0.0892 e. The molecule has 1 atom stereocenters. The molecule has 6 nitrogen and oxygen atoms in total. The largest absolute Gasteiger partial charge is 0.338 e. The van der Waals surface area contributed by atoms with Gasteiger partial charge in [0.2, 0.25) is 0 Å². The first kappa shape index (κ1) is 26.4. The predicted octanol–water partition coefficient (Wildman–Crippen LogP) is 5.58. The Hall–Kier alpha value is -2.20. The highest BCUT2D eigenvalue weighted by Gasteiger charge is 2.29. The molecular weight excluding hydrogens is 466 g/mol. The highest BCUT2D eigenvalue weighted by Crippen LogP contribution is 2.44. The van der Waals surface area contributed by atoms with E-state index in [1.165, 1.54) is 16.7 Å². The highest BCUT2D eigenvalue weighted by molar-refractivity contribution is 7.93. The van der Waals surface area contributed by atoms with Crippen molar-refractivity contribution in [3.8, 4) is 0 Å². The van der Waals surface area contributed by atoms with Crippen molar-refractivity contribution < 1.29 is 13.5 Å². The average molecular weight is 500 g/mol. The maximum atomic E-state index is 13.2. The molecule has 0 fully saturated rings. The second-order valence-corrected chi connectivity index (χ2v) is 9.71. The summed E-state index contributed by atoms with van der Waals surface area (Å²) in [5.74, 6) is 0. The zero-order valence-corrected chi connectivity index (χ0v) is 20.7. The van der Waals surface area contributed by atoms with Gasteiger partial charge in [-0.3, -0.25) is 0 Å². The average Bonchev–Trinajstić information content (AvgIpc) is 2.84. The molecule has 0 aliphatic carbocycles. The van der Waals surface area contributed by atoms with Crippen molar-refractivity contribution in [2.24, 2.45) is 0 Å². The molecule has 0 saturated carbocycles. The fourth-order valence-electron chi connectivity index (χ4n) is 4.05. The molecule has 0 amide bonds. The topological polar surface area (TPSA) is 62.8 Å². The first-order valence-corrected chi connectivity index (χ1v) is 13.2. The van der Waals surface area contributed by atoms with E-state index in [-0.39, 0.29) is 7.43 Å². The van der Waals surface area contributed by atoms with Crippen LogP contribution in [0.1, 0.15) is 29.7 Å². The van der Waals surface area contributed by atoms with Crippen molar-refractivity contribution in [1.82, 2.24) is 10.8 Å². The molecule has 8 heteroatoms. The van der Waals surface area contributed by atoms with Crippen molar-refractivity contribution in [2.45, 2.75) is 44.2 Å². The van der Waals surface area contributed by atoms with Crippen LogP contribution in [-0.4, -0.2) is 23.6 Å². The molecule has 0 radical (unpaired) electrons. The van der Waals surface area contributed by atoms with Gasteiger partial charge in [0.05, 0.1) is 32.0 Å². The highest BCUT2D eigenvalue weighted by atomic mass is 32.2. The number of benzene rings is 3. The normalized spacial score (nSPS) is 14.3. The predicted molar refractivity (Wildman–Crippen MR) is 141 cm³/mol. The Morgan fingerprint density at radius 3 is 2.41 bits per heavy atom. The zero-order valence-electron chi connectivity index (χ0n) is 19.1. The van der Waals surface area contributed by atoms with Crippen LogP contribution in [0.25, 0.3) is 0 Å². The van der Waals surface area contributed by atoms with E-state index >= 15 is 0 Å². The Labute approximate surface area is 209 Å². The molecule has 1 heterocycles. The number of aryl methyl sites for hydroxylation is 1. The third-order valence-corrected chi connectivity index (χ3v) is 7.54. The van der Waals surface area contributed by atoms with Crippen LogP contribution < -0.4 is 15.7 Å². The fourth-order valence-corrected chi connectivity index (χ4v) is 5.60. The summed E-state index contributed by atoms with van der Waals surface area (Å²) in [6.45, 7) is 7.07. The molecule has 1 unspecified atom stereocenters. The maximum absolute atomic E-state index is 13.2. The second-order valence-electron chi connectivity index (χ2n) is 7.83. The number of hydrogen-bond acceptors (Lipinski definition) is 7. The van der Waals surface area contributed by atoms with Crippen LogP contribution in [0, 0.1) is 13.8 Å². The summed E-state index contributed by atoms with van der Waals surface area (Å²) in [6.07, 6.45) is 1.79. The first-order chi connectivity index (χ1) is 16.1. The lowest BCUT2D eigenvalue weighted by Crippen LogP contribution is -2.32. The van der Waals surface area contributed by atoms with E-state index in [2.05, 4.69) is 53.8 Å². The lowest BCUT2D eigenvalue weighted by atomic mass is 10.1. The third-order valence-electron chi connectivity index (χ3n) is 5.86. The van der Waals surface area contributed by atoms with Crippen LogP contribution in [-0.2, 0) is 33.2 Å². The standard InChI is InChI=1S/C25H29N3O3S2.CH4/c1-18-12-13-24-25(19(18)2)28(22-10-6-7-11-23(22)33(24)29)15-14-26-16-20-8-4-5-9-21(20)17-27-30-31-32-3;/h4-13,26-27H,14-17H2,1-3H3;1H4. The summed E-state index contributed by atoms with van der Waals surface area (Å²) >= 11 is 1.14. The molecule has 1 aliphatic rings. The number of anilines is 2. The van der Waals surface area contributed by atoms with Gasteiger partial charge in [0.1, 0.15) is 0 Å². The molecule has 4 rings (SSSR count). The fraction of sp³-hybridized carbons (Fsp3) is 0.308. The van der Waals surface area contributed by atoms with Gasteiger partial charge < -0.3 is 10.2 Å². The number of nitrogens with one attached hydrogen (secondary N) is 2. The van der Waals surface area contributed by atoms with Crippen LogP contribution in [0.4, 0.5) is 11.4 Å². The number of para-hydroxylation sites is 1. The van der Waals surface area contributed by atoms with Crippen molar-refractivity contribution in [2.75, 3.05) is 24.2 Å². The van der Waals surface area contributed by atoms with E-state index in [1.54, 1.807) is 6.26 Å². The summed E-state index contributed by atoms with van der Waals surface area (Å²) < 4.78 is 18.0. The molecule has 0 saturated heterocycles. The lowest BCUT2D eigenvalue weighted by molar-refractivity contribution is -0.246. The molecule has 3 aromatic carbocycles. The van der Waals surface area contributed by atoms with Gasteiger partial charge in [-0.2, -0.15) is 5.48 Å². The first-order valence-electron chi connectivity index (χ1n) is 10.9. The molecule has 2 N–H and O–H groups in total. The SMILES string of the molecule is C.CSOONCc1ccccc1CNCCN1c2ccccc2S(=O)c2ccc(C)c(C)c21. The van der Waals surface area contributed by atoms with E-state index < -0.39 is 10.8 Å². The smallest absolute Gasteiger partial charge is 0.0892 e. The number of hydroxylamine groups is 1. The molecule has 0 spiro atoms. The third kappa shape index (κ3) is 5.71. The summed E-state index contributed by atoms with van der Waals surface area (Å²) in [7, 11) is -1.17. The molecule has 34 heavy (non-hydrogen) atoms. The van der Waals surface area contributed by atoms with Gasteiger partial charge in [0, 0.05) is 44.5 Å². The van der Waals surface area contributed by atoms with Crippen molar-refractivity contribution >= 4 is 34.2 Å². The number of nitrogens with zero attached hydrogens (tertiary/aromatic N) is 1. The van der Waals surface area contributed by atoms with Gasteiger partial charge in [-0.25, -0.2) is 4.21 Å². The molecule has 3 aromatic rings. The summed E-state index contributed by atoms with van der Waals surface area (Å²) in [6, 6.07) is 20.3. The lowest BCUT2D eigenvalue weighted by Gasteiger charge is -2.34. The van der Waals surface area contributed by atoms with Gasteiger partial charge in [0.25, 0.3) is 0 Å². The van der Waals surface area contributed by atoms with Crippen LogP contribution in [0.15, 0.2) is 70.5 Å². The van der Waals surface area contributed by atoms with Crippen molar-refractivity contribution in [3.05, 3.63) is 82.9 Å². The van der Waals surface area contributed by atoms with E-state index in [9.17, 15) is 4.21 Å². The minimum Gasteiger partial charge on any atom is -0.338 e. The summed E-state index contributed by atoms with van der Waals surface area (Å²) in [5, 5.41) is 3.58. The molecule has 182 valence electrons. The van der Waals surface area contributed by atoms with Crippen molar-refractivity contribution in [3.63, 3.8) is 0 Å². The van der Waals surface area contributed by atoms with Gasteiger partial charge in [0.15, 0.2) is 0 Å². The van der Waals surface area contributed by atoms with Crippen molar-refractivity contribution in [1.29, 1.82) is 0 Å². The van der Waals surface area contributed by atoms with E-state index in [1.807, 2.05) is 36.4 Å². The van der Waals surface area contributed by atoms with Crippen LogP contribution in [0.2, 0.25) is 0 Å². The van der Waals surface area contributed by atoms with Gasteiger partial charge in [-0.15, -0.1) is 9.32 Å². The van der Waals surface area contributed by atoms with Gasteiger partial charge >= 0.3 is 0 Å². The van der Waals surface area contributed by atoms with E-state index in [0.717, 1.165) is 58.4 Å². The Kier molecular flexibility index (Phi) is 9.70. The molecule has 1 aliphatic heterocycles. The Balaban J connectivity index is 0.00000324. The minimum absolute atomic E-state index is 0. The number of rotatable bonds is 10. The van der Waals surface area contributed by atoms with Crippen LogP contribution in [0.3, 0.4) is 0 Å². The monoisotopic (exact) mass is 499 g/mol. The van der Waals surface area contributed by atoms with Gasteiger partial charge in [-0.1, -0.05) is 49.9 Å². The summed E-state index contributed by atoms with van der Waals surface area (Å²) in [4.78, 5) is 8.97. The number of fused-ring (bicyclic) bond motifs is 2. The molecular formula is C26H33N3O3S2. The van der Waals surface area contributed by atoms with Gasteiger partial charge in [-0.05, 0) is 54.3 Å². The number of hydrogen-bond donors (Lipinski definition) is 2. The Bertz CT molecular complexity index is 1140. The van der Waals surface area contributed by atoms with E-state index in [4.69, 9.17) is 9.32 Å². The second kappa shape index (κ2) is 12.5.